The van der Waals surface area contributed by atoms with Gasteiger partial charge >= 0.3 is 0 Å². The Labute approximate surface area is 148 Å². The molecule has 1 aromatic carbocycles. The lowest BCUT2D eigenvalue weighted by Crippen LogP contribution is -2.48. The van der Waals surface area contributed by atoms with Crippen molar-refractivity contribution in [3.8, 4) is 0 Å². The van der Waals surface area contributed by atoms with Gasteiger partial charge in [-0.3, -0.25) is 0 Å². The van der Waals surface area contributed by atoms with Gasteiger partial charge in [0, 0.05) is 31.9 Å². The average Bonchev–Trinajstić information content (AvgIpc) is 2.97. The molecule has 0 aliphatic carbocycles. The summed E-state index contributed by atoms with van der Waals surface area (Å²) in [5, 5.41) is 0.0609. The quantitative estimate of drug-likeness (QED) is 0.796. The Balaban J connectivity index is 1.72. The van der Waals surface area contributed by atoms with Crippen LogP contribution in [-0.4, -0.2) is 38.9 Å². The summed E-state index contributed by atoms with van der Waals surface area (Å²) in [4.78, 5) is 1.98. The maximum Gasteiger partial charge on any atom is 0.252 e. The van der Waals surface area contributed by atoms with Crippen molar-refractivity contribution >= 4 is 50.2 Å². The first-order chi connectivity index (χ1) is 10.9. The molecule has 23 heavy (non-hydrogen) atoms. The third kappa shape index (κ3) is 3.49. The molecule has 1 aliphatic heterocycles. The number of benzene rings is 1. The van der Waals surface area contributed by atoms with Crippen molar-refractivity contribution in [1.29, 1.82) is 0 Å². The first-order valence-corrected chi connectivity index (χ1v) is 9.84. The highest BCUT2D eigenvalue weighted by atomic mass is 35.5. The maximum absolute atomic E-state index is 13.2. The van der Waals surface area contributed by atoms with E-state index in [2.05, 4.69) is 0 Å². The molecular formula is C14H13Cl2FN2O2S2. The van der Waals surface area contributed by atoms with Crippen LogP contribution in [0.3, 0.4) is 0 Å². The fourth-order valence-electron chi connectivity index (χ4n) is 2.43. The van der Waals surface area contributed by atoms with Gasteiger partial charge in [0.15, 0.2) is 0 Å². The minimum atomic E-state index is -3.51. The van der Waals surface area contributed by atoms with Crippen LogP contribution >= 0.6 is 34.5 Å². The van der Waals surface area contributed by atoms with E-state index in [0.29, 0.717) is 30.5 Å². The summed E-state index contributed by atoms with van der Waals surface area (Å²) in [6.07, 6.45) is 0. The molecule has 1 saturated heterocycles. The fourth-order valence-corrected chi connectivity index (χ4v) is 5.67. The van der Waals surface area contributed by atoms with Crippen LogP contribution in [0.2, 0.25) is 9.36 Å². The highest BCUT2D eigenvalue weighted by Crippen LogP contribution is 2.29. The summed E-state index contributed by atoms with van der Waals surface area (Å²) in [5.74, 6) is -0.466. The molecule has 2 aromatic rings. The Hall–Kier alpha value is -0.860. The number of halogens is 3. The molecule has 1 aromatic heterocycles. The topological polar surface area (TPSA) is 40.6 Å². The molecular weight excluding hydrogens is 382 g/mol. The SMILES string of the molecule is O=S(=O)(c1ccc(Cl)s1)N1CCN(c2ccc(F)c(Cl)c2)CC1. The summed E-state index contributed by atoms with van der Waals surface area (Å²) in [6.45, 7) is 1.74. The largest absolute Gasteiger partial charge is 0.369 e. The number of thiophene rings is 1. The number of nitrogens with zero attached hydrogens (tertiary/aromatic N) is 2. The van der Waals surface area contributed by atoms with Crippen LogP contribution in [0, 0.1) is 5.82 Å². The van der Waals surface area contributed by atoms with Gasteiger partial charge in [0.2, 0.25) is 0 Å². The van der Waals surface area contributed by atoms with Gasteiger partial charge in [0.05, 0.1) is 9.36 Å². The maximum atomic E-state index is 13.2. The molecule has 1 fully saturated rings. The van der Waals surface area contributed by atoms with Crippen LogP contribution in [0.15, 0.2) is 34.5 Å². The zero-order valence-electron chi connectivity index (χ0n) is 11.9. The van der Waals surface area contributed by atoms with E-state index in [9.17, 15) is 12.8 Å². The Morgan fingerprint density at radius 1 is 1.04 bits per heavy atom. The van der Waals surface area contributed by atoms with Crippen LogP contribution in [0.4, 0.5) is 10.1 Å². The lowest BCUT2D eigenvalue weighted by Gasteiger charge is -2.35. The fraction of sp³-hybridized carbons (Fsp3) is 0.286. The van der Waals surface area contributed by atoms with E-state index in [0.717, 1.165) is 17.0 Å². The molecule has 3 rings (SSSR count). The highest BCUT2D eigenvalue weighted by Gasteiger charge is 2.29. The minimum absolute atomic E-state index is 0.0609. The van der Waals surface area contributed by atoms with Gasteiger partial charge in [-0.25, -0.2) is 12.8 Å². The molecule has 124 valence electrons. The van der Waals surface area contributed by atoms with Gasteiger partial charge in [-0.15, -0.1) is 11.3 Å². The molecule has 0 N–H and O–H groups in total. The van der Waals surface area contributed by atoms with Gasteiger partial charge in [0.1, 0.15) is 10.0 Å². The molecule has 0 atom stereocenters. The zero-order valence-corrected chi connectivity index (χ0v) is 15.0. The molecule has 0 spiro atoms. The van der Waals surface area contributed by atoms with E-state index in [4.69, 9.17) is 23.2 Å². The molecule has 0 bridgehead atoms. The lowest BCUT2D eigenvalue weighted by atomic mass is 10.2. The van der Waals surface area contributed by atoms with E-state index in [-0.39, 0.29) is 9.23 Å². The van der Waals surface area contributed by atoms with Crippen LogP contribution in [-0.2, 0) is 10.0 Å². The van der Waals surface area contributed by atoms with E-state index in [1.54, 1.807) is 18.2 Å². The van der Waals surface area contributed by atoms with Crippen molar-refractivity contribution in [2.45, 2.75) is 4.21 Å². The Morgan fingerprint density at radius 2 is 1.74 bits per heavy atom. The lowest BCUT2D eigenvalue weighted by molar-refractivity contribution is 0.386. The number of piperazine rings is 1. The van der Waals surface area contributed by atoms with Crippen molar-refractivity contribution in [3.05, 3.63) is 45.5 Å². The van der Waals surface area contributed by atoms with Gasteiger partial charge < -0.3 is 4.90 Å². The van der Waals surface area contributed by atoms with E-state index >= 15 is 0 Å². The number of hydrogen-bond donors (Lipinski definition) is 0. The summed E-state index contributed by atoms with van der Waals surface area (Å²) in [5.41, 5.74) is 0.785. The Bertz CT molecular complexity index is 818. The molecule has 9 heteroatoms. The Kier molecular flexibility index (Phi) is 4.85. The molecule has 0 saturated carbocycles. The standard InChI is InChI=1S/C14H13Cl2FN2O2S2/c15-11-9-10(1-2-12(11)17)18-5-7-19(8-6-18)23(20,21)14-4-3-13(16)22-14/h1-4,9H,5-8H2. The summed E-state index contributed by atoms with van der Waals surface area (Å²) in [7, 11) is -3.51. The van der Waals surface area contributed by atoms with Crippen LogP contribution in [0.1, 0.15) is 0 Å². The smallest absolute Gasteiger partial charge is 0.252 e. The van der Waals surface area contributed by atoms with Gasteiger partial charge in [-0.05, 0) is 30.3 Å². The molecule has 0 radical (unpaired) electrons. The van der Waals surface area contributed by atoms with Gasteiger partial charge in [-0.2, -0.15) is 4.31 Å². The van der Waals surface area contributed by atoms with Gasteiger partial charge in [-0.1, -0.05) is 23.2 Å². The first kappa shape index (κ1) is 17.0. The Morgan fingerprint density at radius 3 is 2.30 bits per heavy atom. The van der Waals surface area contributed by atoms with Crippen molar-refractivity contribution in [3.63, 3.8) is 0 Å². The summed E-state index contributed by atoms with van der Waals surface area (Å²) >= 11 is 12.7. The summed E-state index contributed by atoms with van der Waals surface area (Å²) in [6, 6.07) is 7.61. The molecule has 2 heterocycles. The molecule has 1 aliphatic rings. The highest BCUT2D eigenvalue weighted by molar-refractivity contribution is 7.91. The second-order valence-corrected chi connectivity index (χ2v) is 9.34. The molecule has 0 unspecified atom stereocenters. The third-order valence-corrected chi connectivity index (χ3v) is 7.54. The second-order valence-electron chi connectivity index (χ2n) is 5.05. The number of hydrogen-bond acceptors (Lipinski definition) is 4. The van der Waals surface area contributed by atoms with E-state index in [1.165, 1.54) is 16.4 Å². The molecule has 4 nitrogen and oxygen atoms in total. The van der Waals surface area contributed by atoms with Crippen molar-refractivity contribution in [2.24, 2.45) is 0 Å². The average molecular weight is 395 g/mol. The normalized spacial score (nSPS) is 16.7. The molecule has 0 amide bonds. The second kappa shape index (κ2) is 6.57. The number of sulfonamides is 1. The first-order valence-electron chi connectivity index (χ1n) is 6.83. The van der Waals surface area contributed by atoms with E-state index < -0.39 is 15.8 Å². The van der Waals surface area contributed by atoms with E-state index in [1.807, 2.05) is 4.90 Å². The zero-order chi connectivity index (χ0) is 16.6. The van der Waals surface area contributed by atoms with Crippen molar-refractivity contribution < 1.29 is 12.8 Å². The predicted octanol–water partition coefficient (Wildman–Crippen LogP) is 3.70. The van der Waals surface area contributed by atoms with Crippen molar-refractivity contribution in [1.82, 2.24) is 4.31 Å². The predicted molar refractivity (Wildman–Crippen MR) is 91.7 cm³/mol. The summed E-state index contributed by atoms with van der Waals surface area (Å²) < 4.78 is 40.4. The van der Waals surface area contributed by atoms with Crippen molar-refractivity contribution in [2.75, 3.05) is 31.1 Å². The monoisotopic (exact) mass is 394 g/mol. The third-order valence-electron chi connectivity index (χ3n) is 3.65. The van der Waals surface area contributed by atoms with Crippen LogP contribution in [0.5, 0.6) is 0 Å². The number of anilines is 1. The van der Waals surface area contributed by atoms with Crippen LogP contribution < -0.4 is 4.90 Å². The van der Waals surface area contributed by atoms with Crippen LogP contribution in [0.25, 0.3) is 0 Å². The minimum Gasteiger partial charge on any atom is -0.369 e. The van der Waals surface area contributed by atoms with Gasteiger partial charge in [0.25, 0.3) is 10.0 Å². The number of rotatable bonds is 3.